The fourth-order valence-electron chi connectivity index (χ4n) is 2.88. The van der Waals surface area contributed by atoms with Crippen LogP contribution in [0.1, 0.15) is 30.9 Å². The molecule has 1 amide bonds. The van der Waals surface area contributed by atoms with Crippen molar-refractivity contribution in [3.63, 3.8) is 0 Å². The van der Waals surface area contributed by atoms with Crippen LogP contribution < -0.4 is 5.32 Å². The summed E-state index contributed by atoms with van der Waals surface area (Å²) in [6, 6.07) is 18.6. The van der Waals surface area contributed by atoms with Crippen molar-refractivity contribution in [3.05, 3.63) is 71.9 Å². The third kappa shape index (κ3) is 3.29. The van der Waals surface area contributed by atoms with Crippen LogP contribution in [0, 0.1) is 5.92 Å². The maximum absolute atomic E-state index is 12.0. The van der Waals surface area contributed by atoms with Crippen molar-refractivity contribution in [2.24, 2.45) is 5.92 Å². The Bertz CT molecular complexity index is 790. The highest BCUT2D eigenvalue weighted by Crippen LogP contribution is 2.30. The number of benzene rings is 2. The predicted molar refractivity (Wildman–Crippen MR) is 94.4 cm³/mol. The van der Waals surface area contributed by atoms with E-state index in [2.05, 4.69) is 46.8 Å². The molecule has 118 valence electrons. The molecule has 0 radical (unpaired) electrons. The van der Waals surface area contributed by atoms with Gasteiger partial charge in [0.1, 0.15) is 0 Å². The van der Waals surface area contributed by atoms with Crippen LogP contribution in [0.15, 0.2) is 60.8 Å². The minimum absolute atomic E-state index is 0.00519. The molecule has 0 unspecified atom stereocenters. The first-order valence-corrected chi connectivity index (χ1v) is 8.05. The van der Waals surface area contributed by atoms with Crippen LogP contribution in [0.4, 0.5) is 0 Å². The van der Waals surface area contributed by atoms with Crippen molar-refractivity contribution in [1.29, 1.82) is 0 Å². The lowest BCUT2D eigenvalue weighted by Crippen LogP contribution is -2.32. The standard InChI is InChI=1S/C20H22N2O/c1-14(2)20(23)22-12-17(15-8-4-3-5-9-15)18-13-21-19-11-7-6-10-16(18)19/h3-11,13-14,17,21H,12H2,1-2H3,(H,22,23)/t17-/m1/s1. The van der Waals surface area contributed by atoms with Gasteiger partial charge in [-0.15, -0.1) is 0 Å². The molecule has 3 heteroatoms. The molecule has 0 aliphatic carbocycles. The van der Waals surface area contributed by atoms with Crippen LogP contribution in [-0.4, -0.2) is 17.4 Å². The number of carbonyl (C=O) groups excluding carboxylic acids is 1. The Morgan fingerprint density at radius 1 is 1.04 bits per heavy atom. The van der Waals surface area contributed by atoms with Crippen molar-refractivity contribution in [1.82, 2.24) is 10.3 Å². The highest BCUT2D eigenvalue weighted by Gasteiger charge is 2.19. The summed E-state index contributed by atoms with van der Waals surface area (Å²) >= 11 is 0. The number of rotatable bonds is 5. The number of aromatic amines is 1. The average molecular weight is 306 g/mol. The van der Waals surface area contributed by atoms with Gasteiger partial charge in [0.2, 0.25) is 5.91 Å². The van der Waals surface area contributed by atoms with Gasteiger partial charge in [0.15, 0.2) is 0 Å². The van der Waals surface area contributed by atoms with Crippen LogP contribution >= 0.6 is 0 Å². The fourth-order valence-corrected chi connectivity index (χ4v) is 2.88. The number of H-pyrrole nitrogens is 1. The van der Waals surface area contributed by atoms with Crippen molar-refractivity contribution in [2.75, 3.05) is 6.54 Å². The average Bonchev–Trinajstić information content (AvgIpc) is 3.00. The predicted octanol–water partition coefficient (Wildman–Crippen LogP) is 4.07. The van der Waals surface area contributed by atoms with Gasteiger partial charge in [-0.2, -0.15) is 0 Å². The first-order chi connectivity index (χ1) is 11.2. The van der Waals surface area contributed by atoms with Gasteiger partial charge in [-0.25, -0.2) is 0 Å². The van der Waals surface area contributed by atoms with Gasteiger partial charge in [-0.1, -0.05) is 62.4 Å². The molecule has 0 aliphatic heterocycles. The van der Waals surface area contributed by atoms with Gasteiger partial charge in [0, 0.05) is 35.5 Å². The number of aromatic nitrogens is 1. The van der Waals surface area contributed by atoms with Crippen LogP contribution in [-0.2, 0) is 4.79 Å². The highest BCUT2D eigenvalue weighted by atomic mass is 16.1. The van der Waals surface area contributed by atoms with Crippen LogP contribution in [0.2, 0.25) is 0 Å². The van der Waals surface area contributed by atoms with E-state index in [1.807, 2.05) is 38.1 Å². The molecule has 0 aliphatic rings. The van der Waals surface area contributed by atoms with Crippen molar-refractivity contribution in [2.45, 2.75) is 19.8 Å². The Morgan fingerprint density at radius 3 is 2.48 bits per heavy atom. The second-order valence-electron chi connectivity index (χ2n) is 6.15. The minimum Gasteiger partial charge on any atom is -0.361 e. The summed E-state index contributed by atoms with van der Waals surface area (Å²) in [5, 5.41) is 4.29. The van der Waals surface area contributed by atoms with Crippen molar-refractivity contribution < 1.29 is 4.79 Å². The third-order valence-corrected chi connectivity index (χ3v) is 4.20. The van der Waals surface area contributed by atoms with Crippen molar-refractivity contribution in [3.8, 4) is 0 Å². The highest BCUT2D eigenvalue weighted by molar-refractivity contribution is 5.84. The van der Waals surface area contributed by atoms with Crippen molar-refractivity contribution >= 4 is 16.8 Å². The summed E-state index contributed by atoms with van der Waals surface area (Å²) in [5.74, 6) is 0.218. The van der Waals surface area contributed by atoms with E-state index in [9.17, 15) is 4.79 Å². The minimum atomic E-state index is -0.00519. The van der Waals surface area contributed by atoms with Gasteiger partial charge in [-0.05, 0) is 17.2 Å². The quantitative estimate of drug-likeness (QED) is 0.733. The summed E-state index contributed by atoms with van der Waals surface area (Å²) in [6.07, 6.45) is 2.06. The third-order valence-electron chi connectivity index (χ3n) is 4.20. The van der Waals surface area contributed by atoms with Gasteiger partial charge >= 0.3 is 0 Å². The summed E-state index contributed by atoms with van der Waals surface area (Å²) in [6.45, 7) is 4.43. The zero-order chi connectivity index (χ0) is 16.2. The normalized spacial score (nSPS) is 12.5. The Hall–Kier alpha value is -2.55. The molecular formula is C20H22N2O. The number of amides is 1. The van der Waals surface area contributed by atoms with E-state index >= 15 is 0 Å². The Morgan fingerprint density at radius 2 is 1.74 bits per heavy atom. The number of hydrogen-bond acceptors (Lipinski definition) is 1. The van der Waals surface area contributed by atoms with Crippen LogP contribution in [0.5, 0.6) is 0 Å². The van der Waals surface area contributed by atoms with Gasteiger partial charge in [0.25, 0.3) is 0 Å². The molecular weight excluding hydrogens is 284 g/mol. The van der Waals surface area contributed by atoms with E-state index in [0.717, 1.165) is 5.52 Å². The lowest BCUT2D eigenvalue weighted by molar-refractivity contribution is -0.124. The molecule has 3 rings (SSSR count). The second-order valence-corrected chi connectivity index (χ2v) is 6.15. The molecule has 0 spiro atoms. The molecule has 0 saturated carbocycles. The maximum atomic E-state index is 12.0. The van der Waals surface area contributed by atoms with Gasteiger partial charge in [-0.3, -0.25) is 4.79 Å². The summed E-state index contributed by atoms with van der Waals surface area (Å²) in [7, 11) is 0. The maximum Gasteiger partial charge on any atom is 0.222 e. The monoisotopic (exact) mass is 306 g/mol. The van der Waals surface area contributed by atoms with E-state index in [-0.39, 0.29) is 17.7 Å². The van der Waals surface area contributed by atoms with E-state index in [1.165, 1.54) is 16.5 Å². The first kappa shape index (κ1) is 15.3. The molecule has 3 aromatic rings. The molecule has 0 fully saturated rings. The molecule has 3 nitrogen and oxygen atoms in total. The van der Waals surface area contributed by atoms with Gasteiger partial charge in [0.05, 0.1) is 0 Å². The summed E-state index contributed by atoms with van der Waals surface area (Å²) < 4.78 is 0. The summed E-state index contributed by atoms with van der Waals surface area (Å²) in [5.41, 5.74) is 3.55. The first-order valence-electron chi connectivity index (χ1n) is 8.05. The Balaban J connectivity index is 1.96. The molecule has 1 heterocycles. The SMILES string of the molecule is CC(C)C(=O)NC[C@H](c1ccccc1)c1c[nH]c2ccccc12. The van der Waals surface area contributed by atoms with Crippen LogP contribution in [0.25, 0.3) is 10.9 Å². The molecule has 0 bridgehead atoms. The van der Waals surface area contributed by atoms with E-state index in [4.69, 9.17) is 0 Å². The molecule has 23 heavy (non-hydrogen) atoms. The van der Waals surface area contributed by atoms with E-state index < -0.39 is 0 Å². The number of fused-ring (bicyclic) bond motifs is 1. The largest absolute Gasteiger partial charge is 0.361 e. The number of nitrogens with one attached hydrogen (secondary N) is 2. The van der Waals surface area contributed by atoms with Crippen LogP contribution in [0.3, 0.4) is 0 Å². The number of para-hydroxylation sites is 1. The summed E-state index contributed by atoms with van der Waals surface area (Å²) in [4.78, 5) is 15.3. The molecule has 1 atom stereocenters. The zero-order valence-corrected chi connectivity index (χ0v) is 13.5. The molecule has 0 saturated heterocycles. The smallest absolute Gasteiger partial charge is 0.222 e. The fraction of sp³-hybridized carbons (Fsp3) is 0.250. The second kappa shape index (κ2) is 6.69. The molecule has 2 aromatic carbocycles. The molecule has 2 N–H and O–H groups in total. The molecule has 1 aromatic heterocycles. The topological polar surface area (TPSA) is 44.9 Å². The van der Waals surface area contributed by atoms with E-state index in [1.54, 1.807) is 0 Å². The Labute approximate surface area is 136 Å². The van der Waals surface area contributed by atoms with E-state index in [0.29, 0.717) is 6.54 Å². The Kier molecular flexibility index (Phi) is 4.47. The van der Waals surface area contributed by atoms with Gasteiger partial charge < -0.3 is 10.3 Å². The lowest BCUT2D eigenvalue weighted by Gasteiger charge is -2.19. The lowest BCUT2D eigenvalue weighted by atomic mass is 9.91. The number of hydrogen-bond donors (Lipinski definition) is 2. The number of carbonyl (C=O) groups is 1. The zero-order valence-electron chi connectivity index (χ0n) is 13.5.